The number of ether oxygens (including phenoxy) is 2. The van der Waals surface area contributed by atoms with Gasteiger partial charge in [-0.05, 0) is 43.0 Å². The molecule has 1 N–H and O–H groups in total. The molecule has 2 bridgehead atoms. The van der Waals surface area contributed by atoms with Gasteiger partial charge in [0.05, 0.1) is 30.6 Å². The van der Waals surface area contributed by atoms with Crippen LogP contribution in [0.3, 0.4) is 0 Å². The molecule has 4 rings (SSSR count). The lowest BCUT2D eigenvalue weighted by Gasteiger charge is -2.40. The standard InChI is InChI=1S/C27H33ClN2O6/c1-5-13-29(18-9-7-17(28)8-10-18)25(33)23-27-12-11-20(36-27)21(26(34)35-14-6-2)22(27)24(32)30(23)19(15-31)16(3)4/h5-10,16,19-23,31H,1-2,11-15H2,3-4H3/t19-,20-,21+,22-,23?,27?/m0/s1. The third kappa shape index (κ3) is 4.15. The lowest BCUT2D eigenvalue weighted by molar-refractivity contribution is -0.155. The summed E-state index contributed by atoms with van der Waals surface area (Å²) in [4.78, 5) is 44.4. The van der Waals surface area contributed by atoms with E-state index in [0.29, 0.717) is 23.6 Å². The second kappa shape index (κ2) is 10.4. The number of amides is 2. The zero-order chi connectivity index (χ0) is 26.2. The molecule has 6 atom stereocenters. The van der Waals surface area contributed by atoms with E-state index in [-0.39, 0.29) is 37.5 Å². The van der Waals surface area contributed by atoms with Crippen molar-refractivity contribution in [1.82, 2.24) is 4.90 Å². The highest BCUT2D eigenvalue weighted by atomic mass is 35.5. The van der Waals surface area contributed by atoms with Crippen LogP contribution >= 0.6 is 11.6 Å². The van der Waals surface area contributed by atoms with Gasteiger partial charge in [-0.2, -0.15) is 0 Å². The van der Waals surface area contributed by atoms with Crippen molar-refractivity contribution < 1.29 is 29.0 Å². The van der Waals surface area contributed by atoms with E-state index < -0.39 is 41.6 Å². The number of carbonyl (C=O) groups is 3. The van der Waals surface area contributed by atoms with Crippen molar-refractivity contribution in [3.8, 4) is 0 Å². The Bertz CT molecular complexity index is 1040. The minimum absolute atomic E-state index is 0.0248. The predicted molar refractivity (Wildman–Crippen MR) is 135 cm³/mol. The summed E-state index contributed by atoms with van der Waals surface area (Å²) in [6.45, 7) is 11.0. The number of aliphatic hydroxyl groups excluding tert-OH is 1. The number of hydrogen-bond acceptors (Lipinski definition) is 6. The summed E-state index contributed by atoms with van der Waals surface area (Å²) in [5.41, 5.74) is -0.596. The van der Waals surface area contributed by atoms with Crippen LogP contribution in [0.25, 0.3) is 0 Å². The number of esters is 1. The normalized spacial score (nSPS) is 29.2. The van der Waals surface area contributed by atoms with Crippen LogP contribution in [0.5, 0.6) is 0 Å². The number of hydrogen-bond donors (Lipinski definition) is 1. The number of anilines is 1. The van der Waals surface area contributed by atoms with Gasteiger partial charge in [-0.1, -0.05) is 44.2 Å². The van der Waals surface area contributed by atoms with Gasteiger partial charge in [-0.25, -0.2) is 0 Å². The number of fused-ring (bicyclic) bond motifs is 1. The number of rotatable bonds is 10. The van der Waals surface area contributed by atoms with E-state index in [2.05, 4.69) is 13.2 Å². The molecule has 1 aromatic carbocycles. The summed E-state index contributed by atoms with van der Waals surface area (Å²) in [5.74, 6) is -3.08. The molecule has 0 aromatic heterocycles. The van der Waals surface area contributed by atoms with Crippen molar-refractivity contribution in [1.29, 1.82) is 0 Å². The minimum atomic E-state index is -1.19. The average Bonchev–Trinajstić information content (AvgIpc) is 3.49. The van der Waals surface area contributed by atoms with Crippen molar-refractivity contribution in [2.24, 2.45) is 17.8 Å². The van der Waals surface area contributed by atoms with Crippen molar-refractivity contribution in [2.45, 2.75) is 50.5 Å². The Hall–Kier alpha value is -2.68. The molecule has 0 radical (unpaired) electrons. The second-order valence-corrected chi connectivity index (χ2v) is 10.4. The van der Waals surface area contributed by atoms with Crippen LogP contribution < -0.4 is 4.90 Å². The average molecular weight is 517 g/mol. The number of carbonyl (C=O) groups excluding carboxylic acids is 3. The van der Waals surface area contributed by atoms with E-state index in [4.69, 9.17) is 21.1 Å². The van der Waals surface area contributed by atoms with E-state index in [9.17, 15) is 19.5 Å². The molecular weight excluding hydrogens is 484 g/mol. The number of likely N-dealkylation sites (tertiary alicyclic amines) is 1. The highest BCUT2D eigenvalue weighted by Crippen LogP contribution is 2.59. The van der Waals surface area contributed by atoms with E-state index in [1.807, 2.05) is 13.8 Å². The second-order valence-electron chi connectivity index (χ2n) is 9.93. The van der Waals surface area contributed by atoms with Crippen LogP contribution in [0, 0.1) is 17.8 Å². The van der Waals surface area contributed by atoms with Crippen molar-refractivity contribution in [3.05, 3.63) is 54.6 Å². The summed E-state index contributed by atoms with van der Waals surface area (Å²) in [6, 6.07) is 5.18. The van der Waals surface area contributed by atoms with Crippen LogP contribution in [0.1, 0.15) is 26.7 Å². The molecule has 0 saturated carbocycles. The molecular formula is C27H33ClN2O6. The van der Waals surface area contributed by atoms with Gasteiger partial charge in [0, 0.05) is 17.3 Å². The van der Waals surface area contributed by atoms with Crippen LogP contribution in [-0.4, -0.2) is 71.3 Å². The zero-order valence-corrected chi connectivity index (χ0v) is 21.4. The smallest absolute Gasteiger partial charge is 0.312 e. The monoisotopic (exact) mass is 516 g/mol. The van der Waals surface area contributed by atoms with E-state index in [1.165, 1.54) is 11.0 Å². The number of halogens is 1. The first-order chi connectivity index (χ1) is 17.2. The fraction of sp³-hybridized carbons (Fsp3) is 0.519. The molecule has 194 valence electrons. The van der Waals surface area contributed by atoms with E-state index >= 15 is 0 Å². The SMILES string of the molecule is C=CCOC(=O)[C@@H]1[C@@H]2CCC3(O2)C(C(=O)N(CC=C)c2ccc(Cl)cc2)N([C@@H](CO)C(C)C)C(=O)[C@H]13. The first kappa shape index (κ1) is 26.4. The van der Waals surface area contributed by atoms with Gasteiger partial charge in [0.15, 0.2) is 0 Å². The third-order valence-electron chi connectivity index (χ3n) is 7.62. The summed E-state index contributed by atoms with van der Waals surface area (Å²) in [6.07, 6.45) is 3.55. The van der Waals surface area contributed by atoms with Gasteiger partial charge >= 0.3 is 5.97 Å². The molecule has 8 nitrogen and oxygen atoms in total. The van der Waals surface area contributed by atoms with Gasteiger partial charge in [-0.3, -0.25) is 14.4 Å². The lowest BCUT2D eigenvalue weighted by atomic mass is 9.70. The molecule has 9 heteroatoms. The Balaban J connectivity index is 1.81. The van der Waals surface area contributed by atoms with Crippen LogP contribution in [0.15, 0.2) is 49.6 Å². The lowest BCUT2D eigenvalue weighted by Crippen LogP contribution is -2.59. The van der Waals surface area contributed by atoms with Gasteiger partial charge in [-0.15, -0.1) is 6.58 Å². The molecule has 3 aliphatic rings. The molecule has 2 unspecified atom stereocenters. The molecule has 36 heavy (non-hydrogen) atoms. The van der Waals surface area contributed by atoms with Crippen LogP contribution in [-0.2, 0) is 23.9 Å². The van der Waals surface area contributed by atoms with Crippen LogP contribution in [0.2, 0.25) is 5.02 Å². The molecule has 3 fully saturated rings. The van der Waals surface area contributed by atoms with Crippen molar-refractivity contribution in [2.75, 3.05) is 24.7 Å². The topological polar surface area (TPSA) is 96.4 Å². The fourth-order valence-electron chi connectivity index (χ4n) is 6.07. The molecule has 1 aromatic rings. The van der Waals surface area contributed by atoms with Crippen LogP contribution in [0.4, 0.5) is 5.69 Å². The van der Waals surface area contributed by atoms with Gasteiger partial charge in [0.25, 0.3) is 5.91 Å². The molecule has 1 spiro atoms. The summed E-state index contributed by atoms with van der Waals surface area (Å²) >= 11 is 6.07. The largest absolute Gasteiger partial charge is 0.461 e. The predicted octanol–water partition coefficient (Wildman–Crippen LogP) is 2.98. The Kier molecular flexibility index (Phi) is 7.59. The Morgan fingerprint density at radius 3 is 2.58 bits per heavy atom. The van der Waals surface area contributed by atoms with E-state index in [1.54, 1.807) is 35.2 Å². The molecule has 2 amide bonds. The quantitative estimate of drug-likeness (QED) is 0.379. The maximum atomic E-state index is 14.4. The fourth-order valence-corrected chi connectivity index (χ4v) is 6.20. The van der Waals surface area contributed by atoms with Gasteiger partial charge in [0.1, 0.15) is 18.2 Å². The van der Waals surface area contributed by atoms with Gasteiger partial charge < -0.3 is 24.4 Å². The van der Waals surface area contributed by atoms with E-state index in [0.717, 1.165) is 0 Å². The summed E-state index contributed by atoms with van der Waals surface area (Å²) < 4.78 is 11.8. The molecule has 3 heterocycles. The van der Waals surface area contributed by atoms with Gasteiger partial charge in [0.2, 0.25) is 5.91 Å². The van der Waals surface area contributed by atoms with Crippen molar-refractivity contribution in [3.63, 3.8) is 0 Å². The Morgan fingerprint density at radius 1 is 1.31 bits per heavy atom. The maximum Gasteiger partial charge on any atom is 0.312 e. The molecule has 3 saturated heterocycles. The van der Waals surface area contributed by atoms with Crippen molar-refractivity contribution >= 4 is 35.1 Å². The summed E-state index contributed by atoms with van der Waals surface area (Å²) in [5, 5.41) is 10.8. The third-order valence-corrected chi connectivity index (χ3v) is 7.87. The first-order valence-electron chi connectivity index (χ1n) is 12.3. The minimum Gasteiger partial charge on any atom is -0.461 e. The number of aliphatic hydroxyl groups is 1. The number of benzene rings is 1. The Morgan fingerprint density at radius 2 is 2.00 bits per heavy atom. The first-order valence-corrected chi connectivity index (χ1v) is 12.7. The Labute approximate surface area is 216 Å². The zero-order valence-electron chi connectivity index (χ0n) is 20.6. The summed E-state index contributed by atoms with van der Waals surface area (Å²) in [7, 11) is 0. The number of nitrogens with zero attached hydrogens (tertiary/aromatic N) is 2. The maximum absolute atomic E-state index is 14.4. The molecule has 3 aliphatic heterocycles. The molecule has 0 aliphatic carbocycles. The highest BCUT2D eigenvalue weighted by Gasteiger charge is 2.75. The highest BCUT2D eigenvalue weighted by molar-refractivity contribution is 6.30.